The van der Waals surface area contributed by atoms with E-state index in [1.165, 1.54) is 28.3 Å². The molecule has 8 aromatic carbocycles. The number of halogens is 3. The largest absolute Gasteiger partial charge is 0.416 e. The summed E-state index contributed by atoms with van der Waals surface area (Å²) >= 11 is 0. The van der Waals surface area contributed by atoms with Crippen LogP contribution in [0.15, 0.2) is 164 Å². The molecule has 10 aromatic rings. The molecule has 76 heavy (non-hydrogen) atoms. The Balaban J connectivity index is 1.41. The van der Waals surface area contributed by atoms with E-state index in [0.717, 1.165) is 113 Å². The minimum absolute atomic E-state index is 0.0312. The van der Waals surface area contributed by atoms with Gasteiger partial charge in [0.1, 0.15) is 0 Å². The predicted octanol–water partition coefficient (Wildman–Crippen LogP) is 20.3. The third kappa shape index (κ3) is 9.06. The average molecular weight is 1000 g/mol. The van der Waals surface area contributed by atoms with Gasteiger partial charge in [0.25, 0.3) is 0 Å². The summed E-state index contributed by atoms with van der Waals surface area (Å²) in [6.45, 7) is 28.5. The first-order valence-corrected chi connectivity index (χ1v) is 26.3. The quantitative estimate of drug-likeness (QED) is 0.119. The lowest BCUT2D eigenvalue weighted by Crippen LogP contribution is -2.19. The third-order valence-electron chi connectivity index (χ3n) is 16.0. The molecular formula is C70H64F3N3. The number of nitrogens with zero attached hydrogens (tertiary/aromatic N) is 3. The van der Waals surface area contributed by atoms with Crippen molar-refractivity contribution >= 4 is 38.8 Å². The lowest BCUT2D eigenvalue weighted by molar-refractivity contribution is -0.137. The van der Waals surface area contributed by atoms with Crippen molar-refractivity contribution in [2.75, 3.05) is 0 Å². The van der Waals surface area contributed by atoms with Gasteiger partial charge in [-0.25, -0.2) is 0 Å². The van der Waals surface area contributed by atoms with Crippen LogP contribution in [0.5, 0.6) is 0 Å². The first-order valence-electron chi connectivity index (χ1n) is 26.3. The molecule has 0 aliphatic carbocycles. The number of hydrogen-bond acceptors (Lipinski definition) is 1. The molecule has 0 saturated carbocycles. The second kappa shape index (κ2) is 19.5. The van der Waals surface area contributed by atoms with Gasteiger partial charge in [-0.05, 0) is 176 Å². The number of alkyl halides is 3. The van der Waals surface area contributed by atoms with E-state index < -0.39 is 11.7 Å². The van der Waals surface area contributed by atoms with Crippen molar-refractivity contribution in [3.05, 3.63) is 220 Å². The van der Waals surface area contributed by atoms with E-state index in [2.05, 4.69) is 213 Å². The standard InChI is InChI=1S/C70H64F3N3/c1-13-41(3)39-69(11,12)48(10)68-60-29-23-52(57-26-20-44(6)32-47(57)9)36-65(60)75(62(68)14-2)67-38-61(49-16-15-17-54(33-49)70(71,72)73)53(40-74)37-66(67)76-63-34-50(55-24-18-42(4)30-45(55)7)21-27-58(63)59-28-22-51(35-64(59)76)56-25-19-43(5)31-46(56)8/h14-39,48H,2,13H2,1,3-12H3/b41-39-. The zero-order chi connectivity index (χ0) is 54.1. The highest BCUT2D eigenvalue weighted by Gasteiger charge is 2.34. The van der Waals surface area contributed by atoms with Gasteiger partial charge in [0.2, 0.25) is 0 Å². The van der Waals surface area contributed by atoms with Crippen LogP contribution in [0.1, 0.15) is 103 Å². The fourth-order valence-electron chi connectivity index (χ4n) is 11.8. The summed E-state index contributed by atoms with van der Waals surface area (Å²) in [6.07, 6.45) is 0.640. The molecule has 1 atom stereocenters. The Kier molecular flexibility index (Phi) is 13.2. The van der Waals surface area contributed by atoms with Gasteiger partial charge in [-0.3, -0.25) is 0 Å². The summed E-state index contributed by atoms with van der Waals surface area (Å²) in [5, 5.41) is 14.4. The molecule has 0 N–H and O–H groups in total. The maximum absolute atomic E-state index is 14.6. The summed E-state index contributed by atoms with van der Waals surface area (Å²) in [5.41, 5.74) is 20.6. The molecule has 2 aromatic heterocycles. The number of hydrogen-bond donors (Lipinski definition) is 0. The van der Waals surface area contributed by atoms with Gasteiger partial charge in [0.05, 0.1) is 45.1 Å². The van der Waals surface area contributed by atoms with Crippen molar-refractivity contribution in [1.82, 2.24) is 9.13 Å². The molecule has 6 heteroatoms. The molecule has 0 fully saturated rings. The van der Waals surface area contributed by atoms with Gasteiger partial charge >= 0.3 is 6.18 Å². The molecule has 1 unspecified atom stereocenters. The summed E-state index contributed by atoms with van der Waals surface area (Å²) in [7, 11) is 0. The lowest BCUT2D eigenvalue weighted by Gasteiger charge is -2.30. The molecule has 0 aliphatic heterocycles. The maximum atomic E-state index is 14.6. The van der Waals surface area contributed by atoms with Crippen LogP contribution in [-0.2, 0) is 6.18 Å². The maximum Gasteiger partial charge on any atom is 0.416 e. The zero-order valence-electron chi connectivity index (χ0n) is 45.5. The lowest BCUT2D eigenvalue weighted by atomic mass is 9.74. The minimum Gasteiger partial charge on any atom is -0.307 e. The summed E-state index contributed by atoms with van der Waals surface area (Å²) in [5.74, 6) is -0.0312. The zero-order valence-corrected chi connectivity index (χ0v) is 45.5. The first kappa shape index (κ1) is 51.4. The molecule has 0 spiro atoms. The fraction of sp³-hybridized carbons (Fsp3) is 0.214. The number of aryl methyl sites for hydroxylation is 6. The second-order valence-electron chi connectivity index (χ2n) is 21.8. The fourth-order valence-corrected chi connectivity index (χ4v) is 11.8. The van der Waals surface area contributed by atoms with Crippen LogP contribution in [0.25, 0.3) is 94.7 Å². The number of fused-ring (bicyclic) bond motifs is 4. The Morgan fingerprint density at radius 2 is 1.04 bits per heavy atom. The van der Waals surface area contributed by atoms with Crippen LogP contribution in [0.4, 0.5) is 13.2 Å². The van der Waals surface area contributed by atoms with Gasteiger partial charge in [-0.2, -0.15) is 18.4 Å². The Hall–Kier alpha value is -8.14. The van der Waals surface area contributed by atoms with Crippen LogP contribution in [0.3, 0.4) is 0 Å². The topological polar surface area (TPSA) is 33.6 Å². The summed E-state index contributed by atoms with van der Waals surface area (Å²) < 4.78 is 48.5. The van der Waals surface area contributed by atoms with E-state index in [1.807, 2.05) is 18.2 Å². The summed E-state index contributed by atoms with van der Waals surface area (Å²) in [4.78, 5) is 0. The monoisotopic (exact) mass is 1000 g/mol. The van der Waals surface area contributed by atoms with Gasteiger partial charge in [-0.15, -0.1) is 0 Å². The highest BCUT2D eigenvalue weighted by atomic mass is 19.4. The average Bonchev–Trinajstić information content (AvgIpc) is 3.92. The van der Waals surface area contributed by atoms with Crippen molar-refractivity contribution in [3.8, 4) is 62.0 Å². The Morgan fingerprint density at radius 3 is 1.49 bits per heavy atom. The van der Waals surface area contributed by atoms with Crippen molar-refractivity contribution in [3.63, 3.8) is 0 Å². The number of nitriles is 1. The van der Waals surface area contributed by atoms with E-state index in [-0.39, 0.29) is 22.5 Å². The number of rotatable bonds is 11. The molecule has 3 nitrogen and oxygen atoms in total. The minimum atomic E-state index is -4.60. The Bertz CT molecular complexity index is 3960. The predicted molar refractivity (Wildman–Crippen MR) is 314 cm³/mol. The number of aromatic nitrogens is 2. The molecular weight excluding hydrogens is 940 g/mol. The molecule has 0 saturated heterocycles. The molecule has 380 valence electrons. The molecule has 0 radical (unpaired) electrons. The smallest absolute Gasteiger partial charge is 0.307 e. The molecule has 0 bridgehead atoms. The number of benzene rings is 8. The normalized spacial score (nSPS) is 12.7. The van der Waals surface area contributed by atoms with Crippen molar-refractivity contribution in [2.45, 2.75) is 94.7 Å². The van der Waals surface area contributed by atoms with Crippen LogP contribution < -0.4 is 0 Å². The third-order valence-corrected chi connectivity index (χ3v) is 16.0. The highest BCUT2D eigenvalue weighted by molar-refractivity contribution is 6.12. The van der Waals surface area contributed by atoms with Gasteiger partial charge in [0, 0.05) is 27.4 Å². The molecule has 2 heterocycles. The number of allylic oxidation sites excluding steroid dienone is 2. The van der Waals surface area contributed by atoms with Crippen LogP contribution in [0, 0.1) is 58.3 Å². The van der Waals surface area contributed by atoms with Crippen molar-refractivity contribution < 1.29 is 13.2 Å². The van der Waals surface area contributed by atoms with E-state index in [9.17, 15) is 18.4 Å². The van der Waals surface area contributed by atoms with E-state index in [1.54, 1.807) is 6.07 Å². The second-order valence-corrected chi connectivity index (χ2v) is 21.8. The van der Waals surface area contributed by atoms with Crippen molar-refractivity contribution in [1.29, 1.82) is 5.26 Å². The van der Waals surface area contributed by atoms with Gasteiger partial charge < -0.3 is 9.13 Å². The Labute approximate surface area is 445 Å². The first-order chi connectivity index (χ1) is 36.2. The van der Waals surface area contributed by atoms with Crippen LogP contribution in [-0.4, -0.2) is 9.13 Å². The van der Waals surface area contributed by atoms with E-state index >= 15 is 0 Å². The van der Waals surface area contributed by atoms with E-state index in [0.29, 0.717) is 16.9 Å². The van der Waals surface area contributed by atoms with E-state index in [4.69, 9.17) is 0 Å². The highest BCUT2D eigenvalue weighted by Crippen LogP contribution is 2.48. The molecule has 0 amide bonds. The molecule has 10 rings (SSSR count). The SMILES string of the molecule is C=Cc1c(C(C)C(C)(C)/C=C(/C)CC)c2ccc(-c3ccc(C)cc3C)cc2n1-c1cc(-c2cccc(C(F)(F)F)c2)c(C#N)cc1-n1c2cc(-c3ccc(C)cc3C)ccc2c2ccc(-c3ccc(C)cc3C)cc21. The Morgan fingerprint density at radius 1 is 0.579 bits per heavy atom. The molecule has 0 aliphatic rings. The van der Waals surface area contributed by atoms with Crippen LogP contribution in [0.2, 0.25) is 0 Å². The summed E-state index contributed by atoms with van der Waals surface area (Å²) in [6, 6.07) is 51.2. The van der Waals surface area contributed by atoms with Crippen LogP contribution >= 0.6 is 0 Å². The van der Waals surface area contributed by atoms with Crippen molar-refractivity contribution in [2.24, 2.45) is 5.41 Å². The van der Waals surface area contributed by atoms with Gasteiger partial charge in [0.15, 0.2) is 0 Å². The van der Waals surface area contributed by atoms with Gasteiger partial charge in [-0.1, -0.05) is 166 Å².